The first-order valence-electron chi connectivity index (χ1n) is 6.24. The van der Waals surface area contributed by atoms with E-state index in [-0.39, 0.29) is 23.0 Å². The normalized spacial score (nSPS) is 13.0. The average molecular weight is 309 g/mol. The first kappa shape index (κ1) is 15.2. The summed E-state index contributed by atoms with van der Waals surface area (Å²) in [6.45, 7) is 1.74. The fraction of sp³-hybridized carbons (Fsp3) is 0.308. The van der Waals surface area contributed by atoms with Gasteiger partial charge in [0, 0.05) is 35.6 Å². The maximum Gasteiger partial charge on any atom is 0.295 e. The molecule has 7 nitrogen and oxygen atoms in total. The molecule has 0 saturated heterocycles. The van der Waals surface area contributed by atoms with Gasteiger partial charge >= 0.3 is 0 Å². The zero-order valence-electron chi connectivity index (χ0n) is 11.6. The van der Waals surface area contributed by atoms with Gasteiger partial charge in [-0.2, -0.15) is 0 Å². The predicted molar refractivity (Wildman–Crippen MR) is 81.2 cm³/mol. The molecule has 2 rings (SSSR count). The third-order valence-corrected chi connectivity index (χ3v) is 4.01. The second-order valence-electron chi connectivity index (χ2n) is 4.93. The Kier molecular flexibility index (Phi) is 4.08. The topological polar surface area (TPSA) is 102 Å². The van der Waals surface area contributed by atoms with Crippen LogP contribution in [-0.2, 0) is 9.84 Å². The highest BCUT2D eigenvalue weighted by molar-refractivity contribution is 7.90. The van der Waals surface area contributed by atoms with Crippen LogP contribution in [0.2, 0.25) is 0 Å². The summed E-state index contributed by atoms with van der Waals surface area (Å²) in [6.07, 6.45) is 2.65. The summed E-state index contributed by atoms with van der Waals surface area (Å²) in [5.41, 5.74) is 0.825. The molecule has 0 saturated carbocycles. The van der Waals surface area contributed by atoms with E-state index in [0.717, 1.165) is 0 Å². The van der Waals surface area contributed by atoms with Crippen LogP contribution in [0.15, 0.2) is 30.5 Å². The monoisotopic (exact) mass is 309 g/mol. The number of aromatic nitrogens is 1. The lowest BCUT2D eigenvalue weighted by atomic mass is 10.1. The summed E-state index contributed by atoms with van der Waals surface area (Å²) in [5, 5.41) is 14.7. The van der Waals surface area contributed by atoms with Crippen LogP contribution in [0.3, 0.4) is 0 Å². The third kappa shape index (κ3) is 3.66. The van der Waals surface area contributed by atoms with Crippen LogP contribution in [0.1, 0.15) is 6.92 Å². The number of hydrogen-bond acceptors (Lipinski definition) is 6. The number of nitro benzene ring substituents is 1. The number of benzene rings is 1. The smallest absolute Gasteiger partial charge is 0.295 e. The van der Waals surface area contributed by atoms with Crippen LogP contribution in [0.4, 0.5) is 11.4 Å². The van der Waals surface area contributed by atoms with E-state index in [1.165, 1.54) is 18.5 Å². The number of hydrogen-bond donors (Lipinski definition) is 1. The van der Waals surface area contributed by atoms with Gasteiger partial charge in [0.15, 0.2) is 0 Å². The molecule has 1 heterocycles. The van der Waals surface area contributed by atoms with Crippen LogP contribution in [-0.4, -0.2) is 36.4 Å². The largest absolute Gasteiger partial charge is 0.381 e. The lowest BCUT2D eigenvalue weighted by molar-refractivity contribution is -0.383. The summed E-state index contributed by atoms with van der Waals surface area (Å²) in [5.74, 6) is -0.0221. The molecule has 8 heteroatoms. The summed E-state index contributed by atoms with van der Waals surface area (Å²) in [4.78, 5) is 14.6. The van der Waals surface area contributed by atoms with Gasteiger partial charge in [-0.25, -0.2) is 13.4 Å². The molecule has 0 aliphatic carbocycles. The van der Waals surface area contributed by atoms with E-state index in [4.69, 9.17) is 0 Å². The Morgan fingerprint density at radius 2 is 2.10 bits per heavy atom. The van der Waals surface area contributed by atoms with Crippen molar-refractivity contribution in [1.82, 2.24) is 4.98 Å². The zero-order valence-corrected chi connectivity index (χ0v) is 12.4. The molecule has 0 spiro atoms. The highest BCUT2D eigenvalue weighted by atomic mass is 32.2. The summed E-state index contributed by atoms with van der Waals surface area (Å²) in [7, 11) is -3.10. The Labute approximate surface area is 122 Å². The molecule has 1 unspecified atom stereocenters. The molecular weight excluding hydrogens is 294 g/mol. The number of nitrogens with zero attached hydrogens (tertiary/aromatic N) is 2. The highest BCUT2D eigenvalue weighted by Crippen LogP contribution is 2.30. The SMILES string of the molecule is CC(CS(C)(=O)=O)Nc1ccc([N+](=O)[O-])c2ncccc12. The van der Waals surface area contributed by atoms with Gasteiger partial charge in [0.25, 0.3) is 5.69 Å². The quantitative estimate of drug-likeness (QED) is 0.669. The Morgan fingerprint density at radius 3 is 2.71 bits per heavy atom. The predicted octanol–water partition coefficient (Wildman–Crippen LogP) is 1.99. The maximum atomic E-state index is 11.3. The Bertz CT molecular complexity index is 789. The van der Waals surface area contributed by atoms with Crippen LogP contribution < -0.4 is 5.32 Å². The molecule has 0 aliphatic rings. The van der Waals surface area contributed by atoms with Gasteiger partial charge in [-0.05, 0) is 25.1 Å². The standard InChI is InChI=1S/C13H15N3O4S/c1-9(8-21(2,19)20)15-11-5-6-12(16(17)18)13-10(11)4-3-7-14-13/h3-7,9,15H,8H2,1-2H3. The summed E-state index contributed by atoms with van der Waals surface area (Å²) >= 11 is 0. The van der Waals surface area contributed by atoms with Gasteiger partial charge in [0.2, 0.25) is 0 Å². The van der Waals surface area contributed by atoms with Crippen molar-refractivity contribution in [3.05, 3.63) is 40.6 Å². The van der Waals surface area contributed by atoms with Crippen molar-refractivity contribution in [2.75, 3.05) is 17.3 Å². The molecule has 1 aromatic heterocycles. The second kappa shape index (κ2) is 5.65. The first-order valence-corrected chi connectivity index (χ1v) is 8.30. The molecule has 1 atom stereocenters. The van der Waals surface area contributed by atoms with Crippen molar-refractivity contribution in [2.24, 2.45) is 0 Å². The minimum Gasteiger partial charge on any atom is -0.381 e. The lowest BCUT2D eigenvalue weighted by Gasteiger charge is -2.15. The van der Waals surface area contributed by atoms with Gasteiger partial charge in [-0.15, -0.1) is 0 Å². The first-order chi connectivity index (χ1) is 9.78. The van der Waals surface area contributed by atoms with Gasteiger partial charge in [0.05, 0.1) is 10.7 Å². The lowest BCUT2D eigenvalue weighted by Crippen LogP contribution is -2.25. The number of rotatable bonds is 5. The summed E-state index contributed by atoms with van der Waals surface area (Å²) in [6, 6.07) is 6.01. The van der Waals surface area contributed by atoms with Crippen molar-refractivity contribution in [3.8, 4) is 0 Å². The number of fused-ring (bicyclic) bond motifs is 1. The number of anilines is 1. The molecule has 0 bridgehead atoms. The van der Waals surface area contributed by atoms with E-state index in [2.05, 4.69) is 10.3 Å². The Hall–Kier alpha value is -2.22. The van der Waals surface area contributed by atoms with Gasteiger partial charge in [-0.1, -0.05) is 0 Å². The van der Waals surface area contributed by atoms with E-state index >= 15 is 0 Å². The number of pyridine rings is 1. The highest BCUT2D eigenvalue weighted by Gasteiger charge is 2.17. The molecular formula is C13H15N3O4S. The van der Waals surface area contributed by atoms with Crippen LogP contribution in [0, 0.1) is 10.1 Å². The fourth-order valence-electron chi connectivity index (χ4n) is 2.19. The van der Waals surface area contributed by atoms with Crippen LogP contribution >= 0.6 is 0 Å². The number of sulfone groups is 1. The molecule has 21 heavy (non-hydrogen) atoms. The zero-order chi connectivity index (χ0) is 15.6. The molecule has 0 radical (unpaired) electrons. The number of nitro groups is 1. The third-order valence-electron chi connectivity index (χ3n) is 2.90. The number of non-ortho nitro benzene ring substituents is 1. The minimum absolute atomic E-state index is 0.0221. The minimum atomic E-state index is -3.10. The Morgan fingerprint density at radius 1 is 1.38 bits per heavy atom. The summed E-state index contributed by atoms with van der Waals surface area (Å²) < 4.78 is 22.6. The van der Waals surface area contributed by atoms with Crippen molar-refractivity contribution >= 4 is 32.1 Å². The fourth-order valence-corrected chi connectivity index (χ4v) is 3.18. The van der Waals surface area contributed by atoms with Crippen molar-refractivity contribution in [1.29, 1.82) is 0 Å². The van der Waals surface area contributed by atoms with Crippen LogP contribution in [0.25, 0.3) is 10.9 Å². The van der Waals surface area contributed by atoms with Gasteiger partial charge < -0.3 is 5.32 Å². The molecule has 1 aromatic carbocycles. The molecule has 0 aliphatic heterocycles. The van der Waals surface area contributed by atoms with Crippen LogP contribution in [0.5, 0.6) is 0 Å². The molecule has 112 valence electrons. The van der Waals surface area contributed by atoms with Crippen molar-refractivity contribution in [2.45, 2.75) is 13.0 Å². The van der Waals surface area contributed by atoms with E-state index in [1.807, 2.05) is 0 Å². The van der Waals surface area contributed by atoms with E-state index in [1.54, 1.807) is 25.1 Å². The van der Waals surface area contributed by atoms with Gasteiger partial charge in [0.1, 0.15) is 15.4 Å². The van der Waals surface area contributed by atoms with E-state index in [0.29, 0.717) is 11.1 Å². The van der Waals surface area contributed by atoms with E-state index < -0.39 is 14.8 Å². The van der Waals surface area contributed by atoms with Crippen molar-refractivity contribution < 1.29 is 13.3 Å². The molecule has 0 fully saturated rings. The second-order valence-corrected chi connectivity index (χ2v) is 7.11. The molecule has 2 aromatic rings. The molecule has 1 N–H and O–H groups in total. The molecule has 0 amide bonds. The van der Waals surface area contributed by atoms with E-state index in [9.17, 15) is 18.5 Å². The maximum absolute atomic E-state index is 11.3. The Balaban J connectivity index is 2.42. The average Bonchev–Trinajstić information content (AvgIpc) is 2.36. The van der Waals surface area contributed by atoms with Crippen molar-refractivity contribution in [3.63, 3.8) is 0 Å². The number of nitrogens with one attached hydrogen (secondary N) is 1. The van der Waals surface area contributed by atoms with Gasteiger partial charge in [-0.3, -0.25) is 10.1 Å².